The van der Waals surface area contributed by atoms with Crippen LogP contribution in [0.1, 0.15) is 15.2 Å². The topological polar surface area (TPSA) is 54.5 Å². The molecule has 0 fully saturated rings. The van der Waals surface area contributed by atoms with Gasteiger partial charge in [-0.25, -0.2) is 8.42 Å². The summed E-state index contributed by atoms with van der Waals surface area (Å²) < 4.78 is 24.2. The van der Waals surface area contributed by atoms with Crippen LogP contribution in [0.2, 0.25) is 5.02 Å². The van der Waals surface area contributed by atoms with Crippen LogP contribution in [0.4, 0.5) is 0 Å². The van der Waals surface area contributed by atoms with Gasteiger partial charge < -0.3 is 4.90 Å². The van der Waals surface area contributed by atoms with Crippen LogP contribution in [0.25, 0.3) is 0 Å². The summed E-state index contributed by atoms with van der Waals surface area (Å²) in [5, 5.41) is 0.233. The summed E-state index contributed by atoms with van der Waals surface area (Å²) in [6.07, 6.45) is 1.09. The first-order chi connectivity index (χ1) is 10.2. The first-order valence-electron chi connectivity index (χ1n) is 6.18. The fourth-order valence-electron chi connectivity index (χ4n) is 1.85. The van der Waals surface area contributed by atoms with Gasteiger partial charge in [-0.15, -0.1) is 11.3 Å². The second-order valence-electron chi connectivity index (χ2n) is 4.78. The molecule has 0 saturated carbocycles. The summed E-state index contributed by atoms with van der Waals surface area (Å²) in [5.41, 5.74) is 0.183. The highest BCUT2D eigenvalue weighted by molar-refractivity contribution is 9.11. The Hall–Kier alpha value is -0.890. The summed E-state index contributed by atoms with van der Waals surface area (Å²) in [4.78, 5) is 15.1. The number of carbonyl (C=O) groups is 1. The molecule has 2 rings (SSSR count). The number of sulfone groups is 1. The van der Waals surface area contributed by atoms with E-state index in [1.54, 1.807) is 7.05 Å². The first kappa shape index (κ1) is 17.5. The number of hydrogen-bond donors (Lipinski definition) is 0. The van der Waals surface area contributed by atoms with E-state index >= 15 is 0 Å². The number of amides is 1. The third-order valence-corrected chi connectivity index (χ3v) is 6.01. The number of nitrogens with zero attached hydrogens (tertiary/aromatic N) is 1. The van der Waals surface area contributed by atoms with Crippen LogP contribution in [0.5, 0.6) is 0 Å². The van der Waals surface area contributed by atoms with Gasteiger partial charge in [-0.1, -0.05) is 11.6 Å². The largest absolute Gasteiger partial charge is 0.337 e. The van der Waals surface area contributed by atoms with Gasteiger partial charge in [-0.05, 0) is 46.3 Å². The van der Waals surface area contributed by atoms with E-state index in [1.165, 1.54) is 34.4 Å². The molecule has 1 heterocycles. The zero-order chi connectivity index (χ0) is 16.5. The van der Waals surface area contributed by atoms with Crippen LogP contribution in [-0.2, 0) is 16.4 Å². The third kappa shape index (κ3) is 4.10. The van der Waals surface area contributed by atoms with Crippen molar-refractivity contribution in [1.29, 1.82) is 0 Å². The molecule has 2 aromatic rings. The van der Waals surface area contributed by atoms with E-state index in [0.717, 1.165) is 14.9 Å². The molecule has 4 nitrogen and oxygen atoms in total. The lowest BCUT2D eigenvalue weighted by molar-refractivity contribution is 0.0786. The van der Waals surface area contributed by atoms with Gasteiger partial charge in [0, 0.05) is 18.2 Å². The average molecular weight is 423 g/mol. The summed E-state index contributed by atoms with van der Waals surface area (Å²) in [6.45, 7) is 0.425. The van der Waals surface area contributed by atoms with Crippen LogP contribution >= 0.6 is 38.9 Å². The molecule has 22 heavy (non-hydrogen) atoms. The Balaban J connectivity index is 2.28. The van der Waals surface area contributed by atoms with E-state index in [9.17, 15) is 13.2 Å². The van der Waals surface area contributed by atoms with Crippen LogP contribution in [0.3, 0.4) is 0 Å². The molecule has 1 aromatic heterocycles. The maximum atomic E-state index is 12.5. The van der Waals surface area contributed by atoms with Crippen molar-refractivity contribution in [1.82, 2.24) is 4.90 Å². The molecule has 1 amide bonds. The number of halogens is 2. The van der Waals surface area contributed by atoms with Gasteiger partial charge in [-0.3, -0.25) is 4.79 Å². The SMILES string of the molecule is CN(Cc1ccc(Br)s1)C(=O)c1cc(S(C)(=O)=O)ccc1Cl. The van der Waals surface area contributed by atoms with Gasteiger partial charge in [0.1, 0.15) is 0 Å². The van der Waals surface area contributed by atoms with Crippen molar-refractivity contribution in [2.45, 2.75) is 11.4 Å². The lowest BCUT2D eigenvalue weighted by Gasteiger charge is -2.17. The van der Waals surface area contributed by atoms with E-state index in [2.05, 4.69) is 15.9 Å². The third-order valence-electron chi connectivity index (χ3n) is 2.96. The predicted octanol–water partition coefficient (Wildman–Crippen LogP) is 3.84. The predicted molar refractivity (Wildman–Crippen MR) is 92.4 cm³/mol. The molecular formula is C14H13BrClNO3S2. The molecule has 0 spiro atoms. The van der Waals surface area contributed by atoms with E-state index in [4.69, 9.17) is 11.6 Å². The molecule has 0 saturated heterocycles. The maximum Gasteiger partial charge on any atom is 0.255 e. The van der Waals surface area contributed by atoms with Crippen molar-refractivity contribution >= 4 is 54.6 Å². The second-order valence-corrected chi connectivity index (χ2v) is 9.75. The van der Waals surface area contributed by atoms with Crippen molar-refractivity contribution < 1.29 is 13.2 Å². The van der Waals surface area contributed by atoms with Gasteiger partial charge in [-0.2, -0.15) is 0 Å². The summed E-state index contributed by atoms with van der Waals surface area (Å²) >= 11 is 11.0. The van der Waals surface area contributed by atoms with E-state index in [0.29, 0.717) is 6.54 Å². The van der Waals surface area contributed by atoms with Gasteiger partial charge >= 0.3 is 0 Å². The van der Waals surface area contributed by atoms with Crippen LogP contribution in [0, 0.1) is 0 Å². The quantitative estimate of drug-likeness (QED) is 0.752. The van der Waals surface area contributed by atoms with Crippen LogP contribution in [0.15, 0.2) is 39.0 Å². The molecular weight excluding hydrogens is 410 g/mol. The molecule has 0 aliphatic carbocycles. The minimum absolute atomic E-state index is 0.0764. The van der Waals surface area contributed by atoms with Crippen molar-refractivity contribution in [2.24, 2.45) is 0 Å². The Morgan fingerprint density at radius 2 is 2.00 bits per heavy atom. The molecule has 0 N–H and O–H groups in total. The highest BCUT2D eigenvalue weighted by Gasteiger charge is 2.19. The van der Waals surface area contributed by atoms with Crippen molar-refractivity contribution in [3.63, 3.8) is 0 Å². The van der Waals surface area contributed by atoms with Crippen molar-refractivity contribution in [3.05, 3.63) is 49.6 Å². The molecule has 0 aliphatic heterocycles. The van der Waals surface area contributed by atoms with E-state index in [1.807, 2.05) is 12.1 Å². The zero-order valence-corrected chi connectivity index (χ0v) is 15.8. The number of rotatable bonds is 4. The van der Waals surface area contributed by atoms with Gasteiger partial charge in [0.25, 0.3) is 5.91 Å². The molecule has 1 aromatic carbocycles. The number of carbonyl (C=O) groups excluding carboxylic acids is 1. The Morgan fingerprint density at radius 3 is 2.55 bits per heavy atom. The van der Waals surface area contributed by atoms with Crippen LogP contribution in [-0.4, -0.2) is 32.5 Å². The maximum absolute atomic E-state index is 12.5. The van der Waals surface area contributed by atoms with Gasteiger partial charge in [0.15, 0.2) is 9.84 Å². The van der Waals surface area contributed by atoms with Crippen LogP contribution < -0.4 is 0 Å². The average Bonchev–Trinajstić information content (AvgIpc) is 2.82. The summed E-state index contributed by atoms with van der Waals surface area (Å²) in [5.74, 6) is -0.319. The molecule has 0 bridgehead atoms. The van der Waals surface area contributed by atoms with E-state index < -0.39 is 9.84 Å². The molecule has 118 valence electrons. The minimum Gasteiger partial charge on any atom is -0.337 e. The summed E-state index contributed by atoms with van der Waals surface area (Å²) in [6, 6.07) is 7.98. The number of thiophene rings is 1. The monoisotopic (exact) mass is 421 g/mol. The smallest absolute Gasteiger partial charge is 0.255 e. The first-order valence-corrected chi connectivity index (χ1v) is 10.1. The molecule has 0 atom stereocenters. The lowest BCUT2D eigenvalue weighted by atomic mass is 10.2. The Morgan fingerprint density at radius 1 is 1.32 bits per heavy atom. The fraction of sp³-hybridized carbons (Fsp3) is 0.214. The molecule has 0 unspecified atom stereocenters. The highest BCUT2D eigenvalue weighted by Crippen LogP contribution is 2.25. The Labute approximate surface area is 146 Å². The van der Waals surface area contributed by atoms with Crippen molar-refractivity contribution in [3.8, 4) is 0 Å². The fourth-order valence-corrected chi connectivity index (χ4v) is 4.23. The van der Waals surface area contributed by atoms with Gasteiger partial charge in [0.05, 0.1) is 25.8 Å². The number of benzene rings is 1. The molecule has 8 heteroatoms. The van der Waals surface area contributed by atoms with Gasteiger partial charge in [0.2, 0.25) is 0 Å². The molecule has 0 radical (unpaired) electrons. The number of hydrogen-bond acceptors (Lipinski definition) is 4. The molecule has 0 aliphatic rings. The Bertz CT molecular complexity index is 817. The Kier molecular flexibility index (Phi) is 5.32. The zero-order valence-electron chi connectivity index (χ0n) is 11.8. The lowest BCUT2D eigenvalue weighted by Crippen LogP contribution is -2.26. The van der Waals surface area contributed by atoms with Crippen molar-refractivity contribution in [2.75, 3.05) is 13.3 Å². The summed E-state index contributed by atoms with van der Waals surface area (Å²) in [7, 11) is -1.74. The van der Waals surface area contributed by atoms with E-state index in [-0.39, 0.29) is 21.4 Å². The minimum atomic E-state index is -3.39. The second kappa shape index (κ2) is 6.70. The normalized spacial score (nSPS) is 11.5. The standard InChI is InChI=1S/C14H13BrClNO3S2/c1-17(8-9-3-6-13(15)21-9)14(18)11-7-10(22(2,19)20)4-5-12(11)16/h3-7H,8H2,1-2H3. The highest BCUT2D eigenvalue weighted by atomic mass is 79.9.